The Morgan fingerprint density at radius 1 is 0.844 bits per heavy atom. The second-order valence-electron chi connectivity index (χ2n) is 13.9. The van der Waals surface area contributed by atoms with Crippen LogP contribution in [0.3, 0.4) is 0 Å². The second kappa shape index (κ2) is 14.4. The molecule has 1 aromatic rings. The number of nitrogens with two attached hydrogens (primary N) is 1. The van der Waals surface area contributed by atoms with Crippen molar-refractivity contribution in [3.8, 4) is 0 Å². The zero-order valence-electron chi connectivity index (χ0n) is 28.5. The van der Waals surface area contributed by atoms with Crippen LogP contribution in [0.25, 0.3) is 0 Å². The molecule has 2 heterocycles. The SMILES string of the molecule is CC(C)[Si](OC[C@H]1O[C@@H]([n+]2cccc(C(N)=O)c2)[C@@H](F)[C@@H]1O[Si](C(C)C)(C(C)C)C(C)C)(C(C)C)C(C)C.[F][Sb-]([F])([F])([F])([F])[F]. The fourth-order valence-electron chi connectivity index (χ4n) is 7.38. The molecule has 16 heteroatoms. The van der Waals surface area contributed by atoms with Gasteiger partial charge in [-0.25, -0.2) is 4.39 Å². The standard InChI is InChI=1S/C29H53FN2O4Si2.6FH.Sb/c1-18(2)37(19(3)4,20(5)6)34-17-25-27(36-38(21(7)8,22(9)10)23(11)12)26(30)29(35-25)32-15-13-14-24(16-32)28(31)33;;;;;;;/h13-16,18-23,25-27,29H,17H2,1-12H3,(H-,31,33);6*1H;/q;;;;;;;+5/p-5/t25-,26+,27-,29-;;;;;;;/m1......./s1. The van der Waals surface area contributed by atoms with Crippen LogP contribution in [-0.2, 0) is 13.6 Å². The van der Waals surface area contributed by atoms with Crippen molar-refractivity contribution in [1.82, 2.24) is 0 Å². The summed E-state index contributed by atoms with van der Waals surface area (Å²) in [6.45, 7) is 27.0. The average molecular weight is 806 g/mol. The molecule has 2 rings (SSSR count). The van der Waals surface area contributed by atoms with Gasteiger partial charge in [-0.2, -0.15) is 4.57 Å². The van der Waals surface area contributed by atoms with Gasteiger partial charge in [0.15, 0.2) is 20.7 Å². The van der Waals surface area contributed by atoms with E-state index in [-0.39, 0.29) is 6.61 Å². The van der Waals surface area contributed by atoms with E-state index in [9.17, 15) is 21.7 Å². The Morgan fingerprint density at radius 3 is 1.60 bits per heavy atom. The summed E-state index contributed by atoms with van der Waals surface area (Å²) >= 11 is -11.2. The predicted octanol–water partition coefficient (Wildman–Crippen LogP) is 9.20. The molecule has 2 N–H and O–H groups in total. The van der Waals surface area contributed by atoms with Crippen molar-refractivity contribution in [1.29, 1.82) is 0 Å². The van der Waals surface area contributed by atoms with Crippen LogP contribution in [-0.4, -0.2) is 67.0 Å². The van der Waals surface area contributed by atoms with Crippen molar-refractivity contribution in [3.05, 3.63) is 30.1 Å². The number of primary amides is 1. The number of pyridine rings is 1. The van der Waals surface area contributed by atoms with E-state index in [0.717, 1.165) is 0 Å². The molecule has 6 nitrogen and oxygen atoms in total. The number of rotatable bonds is 13. The van der Waals surface area contributed by atoms with Gasteiger partial charge in [-0.3, -0.25) is 4.79 Å². The Kier molecular flexibility index (Phi) is 13.5. The van der Waals surface area contributed by atoms with Crippen LogP contribution in [0.15, 0.2) is 24.5 Å². The Balaban J connectivity index is 0.00000129. The third-order valence-corrected chi connectivity index (χ3v) is 21.1. The van der Waals surface area contributed by atoms with Crippen molar-refractivity contribution in [3.63, 3.8) is 0 Å². The molecule has 1 aliphatic heterocycles. The third-order valence-electron chi connectivity index (χ3n) is 8.92. The zero-order valence-corrected chi connectivity index (χ0v) is 33.1. The number of hydrogen-bond acceptors (Lipinski definition) is 4. The number of halogens is 7. The fraction of sp³-hybridized carbons (Fsp3) is 0.793. The molecule has 0 bridgehead atoms. The maximum atomic E-state index is 16.5. The molecule has 0 unspecified atom stereocenters. The number of nitrogens with zero attached hydrogens (tertiary/aromatic N) is 1. The van der Waals surface area contributed by atoms with Crippen LogP contribution in [0.1, 0.15) is 99.7 Å². The van der Waals surface area contributed by atoms with E-state index in [4.69, 9.17) is 19.3 Å². The van der Waals surface area contributed by atoms with E-state index in [1.54, 1.807) is 29.1 Å². The summed E-state index contributed by atoms with van der Waals surface area (Å²) < 4.78 is 98.1. The van der Waals surface area contributed by atoms with E-state index in [1.165, 1.54) is 0 Å². The van der Waals surface area contributed by atoms with Crippen LogP contribution in [0.5, 0.6) is 0 Å². The van der Waals surface area contributed by atoms with Crippen LogP contribution in [0.4, 0.5) is 21.3 Å². The van der Waals surface area contributed by atoms with E-state index in [0.29, 0.717) is 38.8 Å². The van der Waals surface area contributed by atoms with Gasteiger partial charge in [-0.1, -0.05) is 83.1 Å². The Morgan fingerprint density at radius 2 is 1.24 bits per heavy atom. The molecular weight excluding hydrogens is 751 g/mol. The van der Waals surface area contributed by atoms with E-state index in [1.807, 2.05) is 0 Å². The quantitative estimate of drug-likeness (QED) is 0.123. The van der Waals surface area contributed by atoms with E-state index >= 15 is 4.39 Å². The van der Waals surface area contributed by atoms with Crippen molar-refractivity contribution in [2.75, 3.05) is 6.61 Å². The summed E-state index contributed by atoms with van der Waals surface area (Å²) in [5.41, 5.74) is 7.93. The van der Waals surface area contributed by atoms with Crippen molar-refractivity contribution >= 4 is 42.0 Å². The van der Waals surface area contributed by atoms with Gasteiger partial charge in [0.1, 0.15) is 17.8 Å². The summed E-state index contributed by atoms with van der Waals surface area (Å²) in [6.07, 6.45) is -0.398. The molecule has 0 radical (unpaired) electrons. The predicted molar refractivity (Wildman–Crippen MR) is 169 cm³/mol. The molecular formula is C29H54F7N2O4SbSi2. The minimum absolute atomic E-state index is 0.289. The molecule has 0 aromatic carbocycles. The molecule has 1 fully saturated rings. The first-order valence-electron chi connectivity index (χ1n) is 15.5. The summed E-state index contributed by atoms with van der Waals surface area (Å²) in [4.78, 5) is 11.8. The number of ether oxygens (including phenoxy) is 1. The number of amides is 1. The number of carbonyl (C=O) groups excluding carboxylic acids is 1. The molecule has 0 aliphatic carbocycles. The van der Waals surface area contributed by atoms with Gasteiger partial charge in [0.2, 0.25) is 14.5 Å². The maximum absolute atomic E-state index is 16.5. The van der Waals surface area contributed by atoms with Gasteiger partial charge in [-0.05, 0) is 39.3 Å². The van der Waals surface area contributed by atoms with Gasteiger partial charge in [0.25, 0.3) is 12.1 Å². The van der Waals surface area contributed by atoms with Crippen molar-refractivity contribution in [2.45, 2.75) is 141 Å². The first-order chi connectivity index (χ1) is 20.0. The van der Waals surface area contributed by atoms with E-state index in [2.05, 4.69) is 83.1 Å². The summed E-state index contributed by atoms with van der Waals surface area (Å²) in [5.74, 6) is -0.562. The summed E-state index contributed by atoms with van der Waals surface area (Å²) in [6, 6.07) is 3.32. The first kappa shape index (κ1) is 42.3. The second-order valence-corrected chi connectivity index (χ2v) is 30.2. The number of carbonyl (C=O) groups is 1. The molecule has 266 valence electrons. The molecule has 0 saturated carbocycles. The van der Waals surface area contributed by atoms with Gasteiger partial charge in [0, 0.05) is 6.07 Å². The van der Waals surface area contributed by atoms with Crippen LogP contribution in [0, 0.1) is 0 Å². The fourth-order valence-corrected chi connectivity index (χ4v) is 18.4. The van der Waals surface area contributed by atoms with Crippen LogP contribution >= 0.6 is 0 Å². The average Bonchev–Trinajstić information content (AvgIpc) is 3.14. The monoisotopic (exact) mass is 804 g/mol. The van der Waals surface area contributed by atoms with Crippen molar-refractivity contribution in [2.24, 2.45) is 5.73 Å². The molecule has 0 spiro atoms. The molecule has 1 saturated heterocycles. The molecule has 1 aliphatic rings. The summed E-state index contributed by atoms with van der Waals surface area (Å²) in [5, 5.41) is 0. The molecule has 1 amide bonds. The van der Waals surface area contributed by atoms with Crippen LogP contribution < -0.4 is 10.3 Å². The Labute approximate surface area is 268 Å². The van der Waals surface area contributed by atoms with Gasteiger partial charge < -0.3 is 19.3 Å². The minimum atomic E-state index is -11.2. The topological polar surface area (TPSA) is 74.7 Å². The zero-order chi connectivity index (χ0) is 35.6. The molecule has 1 aromatic heterocycles. The van der Waals surface area contributed by atoms with Crippen LogP contribution in [0.2, 0.25) is 33.2 Å². The normalized spacial score (nSPS) is 23.1. The van der Waals surface area contributed by atoms with E-state index < -0.39 is 66.6 Å². The Hall–Kier alpha value is -0.738. The Bertz CT molecular complexity index is 1090. The van der Waals surface area contributed by atoms with Gasteiger partial charge in [0.05, 0.1) is 6.61 Å². The molecule has 4 atom stereocenters. The van der Waals surface area contributed by atoms with Gasteiger partial charge in [-0.15, -0.1) is 0 Å². The van der Waals surface area contributed by atoms with Crippen molar-refractivity contribution < 1.29 is 44.2 Å². The first-order valence-corrected chi connectivity index (χ1v) is 25.5. The number of aromatic nitrogens is 1. The summed E-state index contributed by atoms with van der Waals surface area (Å²) in [7, 11) is -4.63. The molecule has 45 heavy (non-hydrogen) atoms. The van der Waals surface area contributed by atoms with Gasteiger partial charge >= 0.3 is 36.4 Å². The third kappa shape index (κ3) is 11.4. The number of alkyl halides is 1. The number of hydrogen-bond donors (Lipinski definition) is 1.